The van der Waals surface area contributed by atoms with Crippen LogP contribution in [0.1, 0.15) is 5.56 Å². The molecule has 1 aliphatic rings. The van der Waals surface area contributed by atoms with Gasteiger partial charge < -0.3 is 0 Å². The summed E-state index contributed by atoms with van der Waals surface area (Å²) in [6, 6.07) is 19.1. The van der Waals surface area contributed by atoms with Gasteiger partial charge in [0.05, 0.1) is 5.69 Å². The zero-order valence-corrected chi connectivity index (χ0v) is 16.9. The highest BCUT2D eigenvalue weighted by molar-refractivity contribution is 7.91. The van der Waals surface area contributed by atoms with Crippen molar-refractivity contribution in [3.8, 4) is 0 Å². The van der Waals surface area contributed by atoms with E-state index in [0.717, 1.165) is 33.0 Å². The van der Waals surface area contributed by atoms with E-state index in [2.05, 4.69) is 6.07 Å². The van der Waals surface area contributed by atoms with Crippen LogP contribution in [0.15, 0.2) is 66.7 Å². The molecular weight excluding hydrogens is 426 g/mol. The second-order valence-corrected chi connectivity index (χ2v) is 10.00. The van der Waals surface area contributed by atoms with Crippen LogP contribution in [0.5, 0.6) is 0 Å². The van der Waals surface area contributed by atoms with Gasteiger partial charge in [-0.3, -0.25) is 9.11 Å². The molecule has 152 valence electrons. The molecule has 2 N–H and O–H groups in total. The summed E-state index contributed by atoms with van der Waals surface area (Å²) in [5, 5.41) is 3.62. The monoisotopic (exact) mass is 441 g/mol. The van der Waals surface area contributed by atoms with Crippen molar-refractivity contribution in [2.45, 2.75) is 5.37 Å². The molecule has 1 heterocycles. The Morgan fingerprint density at radius 3 is 1.73 bits per heavy atom. The molecule has 0 saturated heterocycles. The lowest BCUT2D eigenvalue weighted by Gasteiger charge is -2.30. The van der Waals surface area contributed by atoms with E-state index in [9.17, 15) is 25.9 Å². The van der Waals surface area contributed by atoms with Gasteiger partial charge in [0.2, 0.25) is 0 Å². The molecule has 4 aromatic rings. The van der Waals surface area contributed by atoms with Crippen molar-refractivity contribution in [2.24, 2.45) is 0 Å². The summed E-state index contributed by atoms with van der Waals surface area (Å²) >= 11 is 0. The van der Waals surface area contributed by atoms with Crippen LogP contribution in [0.2, 0.25) is 0 Å². The van der Waals surface area contributed by atoms with Crippen LogP contribution < -0.4 is 4.31 Å². The molecule has 1 aliphatic heterocycles. The maximum atomic E-state index is 12.0. The summed E-state index contributed by atoms with van der Waals surface area (Å²) < 4.78 is 66.8. The first-order valence-electron chi connectivity index (χ1n) is 8.93. The zero-order chi connectivity index (χ0) is 21.3. The average molecular weight is 441 g/mol. The fraction of sp³-hybridized carbons (Fsp3) is 0.0476. The van der Waals surface area contributed by atoms with Gasteiger partial charge in [-0.15, -0.1) is 0 Å². The molecule has 0 aromatic heterocycles. The Balaban J connectivity index is 1.80. The Bertz CT molecular complexity index is 1610. The van der Waals surface area contributed by atoms with Gasteiger partial charge in [0.1, 0.15) is 0 Å². The van der Waals surface area contributed by atoms with Gasteiger partial charge >= 0.3 is 10.3 Å². The van der Waals surface area contributed by atoms with Crippen molar-refractivity contribution in [3.63, 3.8) is 0 Å². The van der Waals surface area contributed by atoms with Crippen LogP contribution in [0, 0.1) is 0 Å². The lowest BCUT2D eigenvalue weighted by atomic mass is 9.97. The van der Waals surface area contributed by atoms with Crippen molar-refractivity contribution < 1.29 is 25.9 Å². The molecule has 0 bridgehead atoms. The van der Waals surface area contributed by atoms with E-state index < -0.39 is 25.8 Å². The van der Waals surface area contributed by atoms with Crippen LogP contribution in [0.3, 0.4) is 0 Å². The molecule has 0 fully saturated rings. The van der Waals surface area contributed by atoms with Gasteiger partial charge in [-0.05, 0) is 80.4 Å². The molecular formula is C21H15NO6S2. The number of benzene rings is 4. The van der Waals surface area contributed by atoms with Gasteiger partial charge in [-0.25, -0.2) is 4.31 Å². The molecule has 0 aliphatic carbocycles. The Kier molecular flexibility index (Phi) is 3.97. The molecule has 7 nitrogen and oxygen atoms in total. The second-order valence-electron chi connectivity index (χ2n) is 7.20. The van der Waals surface area contributed by atoms with Crippen LogP contribution >= 0.6 is 0 Å². The van der Waals surface area contributed by atoms with Crippen LogP contribution in [0.25, 0.3) is 38.4 Å². The molecule has 5 rings (SSSR count). The standard InChI is InChI=1S/C21H15NO6S2/c23-29(24,25)21-6-5-15-9-18-10-16-7-13-3-1-2-4-14(13)8-17(16)11-19(18)12-20(15)22(21)30(26,27)28/h1-12,21H,(H,23,24,25)(H,26,27,28). The Hall–Kier alpha value is -2.98. The molecule has 0 spiro atoms. The number of nitrogens with zero attached hydrogens (tertiary/aromatic N) is 1. The van der Waals surface area contributed by atoms with E-state index in [1.807, 2.05) is 42.5 Å². The Labute approximate surface area is 172 Å². The van der Waals surface area contributed by atoms with Crippen molar-refractivity contribution >= 4 is 64.5 Å². The fourth-order valence-electron chi connectivity index (χ4n) is 3.95. The predicted octanol–water partition coefficient (Wildman–Crippen LogP) is 4.00. The normalized spacial score (nSPS) is 17.0. The number of hydrogen-bond donors (Lipinski definition) is 2. The summed E-state index contributed by atoms with van der Waals surface area (Å²) in [7, 11) is -9.78. The zero-order valence-electron chi connectivity index (χ0n) is 15.3. The first-order chi connectivity index (χ1) is 14.1. The smallest absolute Gasteiger partial charge is 0.284 e. The highest BCUT2D eigenvalue weighted by Crippen LogP contribution is 2.37. The predicted molar refractivity (Wildman–Crippen MR) is 117 cm³/mol. The maximum Gasteiger partial charge on any atom is 0.361 e. The largest absolute Gasteiger partial charge is 0.361 e. The van der Waals surface area contributed by atoms with E-state index in [1.54, 1.807) is 6.07 Å². The SMILES string of the molecule is O=S(=O)(O)C1C=Cc2cc3cc4cc5ccccc5cc4cc3cc2N1S(=O)(=O)O. The third-order valence-corrected chi connectivity index (χ3v) is 7.30. The number of fused-ring (bicyclic) bond motifs is 4. The molecule has 1 unspecified atom stereocenters. The quantitative estimate of drug-likeness (QED) is 0.359. The van der Waals surface area contributed by atoms with Gasteiger partial charge in [0.15, 0.2) is 5.37 Å². The minimum Gasteiger partial charge on any atom is -0.284 e. The third-order valence-electron chi connectivity index (χ3n) is 5.27. The molecule has 0 saturated carbocycles. The van der Waals surface area contributed by atoms with Gasteiger partial charge in [-0.2, -0.15) is 16.8 Å². The van der Waals surface area contributed by atoms with Crippen LogP contribution in [0.4, 0.5) is 5.69 Å². The highest BCUT2D eigenvalue weighted by Gasteiger charge is 2.39. The summed E-state index contributed by atoms with van der Waals surface area (Å²) in [6.07, 6.45) is 2.44. The lowest BCUT2D eigenvalue weighted by molar-refractivity contribution is 0.459. The van der Waals surface area contributed by atoms with Gasteiger partial charge in [0.25, 0.3) is 10.1 Å². The lowest BCUT2D eigenvalue weighted by Crippen LogP contribution is -2.45. The van der Waals surface area contributed by atoms with Crippen molar-refractivity contribution in [1.82, 2.24) is 0 Å². The maximum absolute atomic E-state index is 12.0. The summed E-state index contributed by atoms with van der Waals surface area (Å²) in [6.45, 7) is 0. The number of hydrogen-bond acceptors (Lipinski definition) is 4. The van der Waals surface area contributed by atoms with Crippen molar-refractivity contribution in [3.05, 3.63) is 72.3 Å². The van der Waals surface area contributed by atoms with Crippen LogP contribution in [-0.4, -0.2) is 31.3 Å². The van der Waals surface area contributed by atoms with E-state index in [4.69, 9.17) is 0 Å². The van der Waals surface area contributed by atoms with Gasteiger partial charge in [-0.1, -0.05) is 30.3 Å². The van der Waals surface area contributed by atoms with E-state index in [-0.39, 0.29) is 5.69 Å². The average Bonchev–Trinajstić information content (AvgIpc) is 2.66. The molecule has 9 heteroatoms. The Morgan fingerprint density at radius 2 is 1.20 bits per heavy atom. The van der Waals surface area contributed by atoms with Crippen LogP contribution in [-0.2, 0) is 20.4 Å². The number of anilines is 1. The second kappa shape index (κ2) is 6.26. The molecule has 4 aromatic carbocycles. The third kappa shape index (κ3) is 3.03. The topological polar surface area (TPSA) is 112 Å². The summed E-state index contributed by atoms with van der Waals surface area (Å²) in [5.41, 5.74) is 0.371. The molecule has 30 heavy (non-hydrogen) atoms. The van der Waals surface area contributed by atoms with E-state index in [1.165, 1.54) is 12.1 Å². The first kappa shape index (κ1) is 19.0. The van der Waals surface area contributed by atoms with Gasteiger partial charge in [0, 0.05) is 0 Å². The summed E-state index contributed by atoms with van der Waals surface area (Å²) in [4.78, 5) is 0. The fourth-order valence-corrected chi connectivity index (χ4v) is 5.98. The molecule has 0 amide bonds. The minimum atomic E-state index is -4.97. The summed E-state index contributed by atoms with van der Waals surface area (Å²) in [5.74, 6) is 0. The minimum absolute atomic E-state index is 0.0322. The van der Waals surface area contributed by atoms with Crippen molar-refractivity contribution in [2.75, 3.05) is 4.31 Å². The van der Waals surface area contributed by atoms with Crippen molar-refractivity contribution in [1.29, 1.82) is 0 Å². The highest BCUT2D eigenvalue weighted by atomic mass is 32.2. The number of rotatable bonds is 2. The first-order valence-corrected chi connectivity index (χ1v) is 11.8. The van der Waals surface area contributed by atoms with E-state index in [0.29, 0.717) is 15.3 Å². The molecule has 0 radical (unpaired) electrons. The molecule has 1 atom stereocenters. The van der Waals surface area contributed by atoms with E-state index >= 15 is 0 Å². The Morgan fingerprint density at radius 1 is 0.700 bits per heavy atom.